The van der Waals surface area contributed by atoms with E-state index < -0.39 is 27.2 Å². The second-order valence-electron chi connectivity index (χ2n) is 8.96. The van der Waals surface area contributed by atoms with Crippen LogP contribution in [0.4, 0.5) is 4.39 Å². The molecule has 0 atom stereocenters. The van der Waals surface area contributed by atoms with Crippen molar-refractivity contribution >= 4 is 39.3 Å². The molecule has 5 rings (SSSR count). The van der Waals surface area contributed by atoms with E-state index in [0.29, 0.717) is 37.4 Å². The van der Waals surface area contributed by atoms with Gasteiger partial charge in [0.05, 0.1) is 17.5 Å². The number of benzene rings is 3. The van der Waals surface area contributed by atoms with Gasteiger partial charge in [0.25, 0.3) is 0 Å². The summed E-state index contributed by atoms with van der Waals surface area (Å²) in [6.45, 7) is 1.97. The highest BCUT2D eigenvalue weighted by atomic mass is 35.5. The molecular weight excluding hydrogens is 545 g/mol. The molecule has 1 aliphatic rings. The summed E-state index contributed by atoms with van der Waals surface area (Å²) in [6, 6.07) is 19.0. The lowest BCUT2D eigenvalue weighted by Crippen LogP contribution is -2.46. The molecule has 1 aliphatic heterocycles. The number of esters is 1. The van der Waals surface area contributed by atoms with Crippen molar-refractivity contribution in [2.75, 3.05) is 33.3 Å². The minimum Gasteiger partial charge on any atom is -0.464 e. The topological polar surface area (TPSA) is 97.7 Å². The molecule has 4 aromatic rings. The molecule has 11 heteroatoms. The summed E-state index contributed by atoms with van der Waals surface area (Å²) < 4.78 is 48.4. The summed E-state index contributed by atoms with van der Waals surface area (Å²) >= 11 is 0. The Morgan fingerprint density at radius 2 is 1.67 bits per heavy atom. The molecule has 0 spiro atoms. The van der Waals surface area contributed by atoms with E-state index in [1.54, 1.807) is 36.4 Å². The Labute approximate surface area is 231 Å². The number of para-hydroxylation sites is 1. The first kappa shape index (κ1) is 28.4. The molecule has 1 N–H and O–H groups in total. The molecule has 1 aromatic heterocycles. The van der Waals surface area contributed by atoms with Gasteiger partial charge < -0.3 is 14.6 Å². The Bertz CT molecular complexity index is 1670. The number of carbonyl (C=O) groups is 1. The SMILES string of the molecule is COC(=O)c1c(Cc2ccc(S(=O)(=O)N3CCNCC3)cc2)c(=O)c2ccc(F)cc2n1-c1ccccc1.Cl. The van der Waals surface area contributed by atoms with Crippen LogP contribution in [0, 0.1) is 5.82 Å². The number of hydrogen-bond donors (Lipinski definition) is 1. The first-order valence-corrected chi connectivity index (χ1v) is 13.6. The van der Waals surface area contributed by atoms with Crippen LogP contribution >= 0.6 is 12.4 Å². The van der Waals surface area contributed by atoms with E-state index in [1.165, 1.54) is 46.3 Å². The second kappa shape index (κ2) is 11.7. The summed E-state index contributed by atoms with van der Waals surface area (Å²) in [4.78, 5) is 26.9. The maximum atomic E-state index is 14.3. The summed E-state index contributed by atoms with van der Waals surface area (Å²) in [6.07, 6.45) is 0.0391. The highest BCUT2D eigenvalue weighted by Gasteiger charge is 2.27. The molecule has 8 nitrogen and oxygen atoms in total. The molecule has 0 aliphatic carbocycles. The average molecular weight is 572 g/mol. The molecule has 1 fully saturated rings. The molecule has 0 radical (unpaired) electrons. The number of nitrogens with zero attached hydrogens (tertiary/aromatic N) is 2. The van der Waals surface area contributed by atoms with E-state index in [1.807, 2.05) is 6.07 Å². The number of ether oxygens (including phenoxy) is 1. The summed E-state index contributed by atoms with van der Waals surface area (Å²) in [7, 11) is -2.42. The number of carbonyl (C=O) groups excluding carboxylic acids is 1. The van der Waals surface area contributed by atoms with Gasteiger partial charge in [0.2, 0.25) is 10.0 Å². The van der Waals surface area contributed by atoms with Crippen LogP contribution in [0.25, 0.3) is 16.6 Å². The molecular formula is C28H27ClFN3O5S. The van der Waals surface area contributed by atoms with Crippen molar-refractivity contribution in [1.29, 1.82) is 0 Å². The summed E-state index contributed by atoms with van der Waals surface area (Å²) in [5, 5.41) is 3.38. The van der Waals surface area contributed by atoms with Crippen molar-refractivity contribution in [3.05, 3.63) is 106 Å². The van der Waals surface area contributed by atoms with E-state index in [-0.39, 0.29) is 45.9 Å². The van der Waals surface area contributed by atoms with E-state index in [2.05, 4.69) is 5.32 Å². The first-order valence-electron chi connectivity index (χ1n) is 12.1. The highest BCUT2D eigenvalue weighted by molar-refractivity contribution is 7.89. The first-order chi connectivity index (χ1) is 18.3. The Morgan fingerprint density at radius 1 is 1.00 bits per heavy atom. The second-order valence-corrected chi connectivity index (χ2v) is 10.9. The smallest absolute Gasteiger partial charge is 0.355 e. The van der Waals surface area contributed by atoms with Gasteiger partial charge in [0.15, 0.2) is 5.43 Å². The lowest BCUT2D eigenvalue weighted by Gasteiger charge is -2.26. The number of sulfonamides is 1. The minimum atomic E-state index is -3.64. The highest BCUT2D eigenvalue weighted by Crippen LogP contribution is 2.26. The molecule has 204 valence electrons. The molecule has 1 saturated heterocycles. The lowest BCUT2D eigenvalue weighted by atomic mass is 9.99. The zero-order valence-corrected chi connectivity index (χ0v) is 22.7. The van der Waals surface area contributed by atoms with Crippen molar-refractivity contribution in [3.8, 4) is 5.69 Å². The fraction of sp³-hybridized carbons (Fsp3) is 0.214. The average Bonchev–Trinajstić information content (AvgIpc) is 2.95. The van der Waals surface area contributed by atoms with Crippen LogP contribution in [0.5, 0.6) is 0 Å². The number of methoxy groups -OCH3 is 1. The summed E-state index contributed by atoms with van der Waals surface area (Å²) in [5.74, 6) is -1.29. The van der Waals surface area contributed by atoms with Gasteiger partial charge in [-0.05, 0) is 48.0 Å². The third-order valence-electron chi connectivity index (χ3n) is 6.64. The Hall–Kier alpha value is -3.57. The van der Waals surface area contributed by atoms with Crippen LogP contribution < -0.4 is 10.7 Å². The van der Waals surface area contributed by atoms with Crippen LogP contribution in [0.3, 0.4) is 0 Å². The van der Waals surface area contributed by atoms with E-state index in [9.17, 15) is 22.4 Å². The van der Waals surface area contributed by atoms with Gasteiger partial charge in [-0.2, -0.15) is 4.31 Å². The number of nitrogens with one attached hydrogen (secondary N) is 1. The van der Waals surface area contributed by atoms with E-state index in [4.69, 9.17) is 4.74 Å². The van der Waals surface area contributed by atoms with Gasteiger partial charge in [-0.15, -0.1) is 12.4 Å². The van der Waals surface area contributed by atoms with Crippen LogP contribution in [-0.4, -0.2) is 56.5 Å². The predicted molar refractivity (Wildman–Crippen MR) is 149 cm³/mol. The quantitative estimate of drug-likeness (QED) is 0.356. The number of fused-ring (bicyclic) bond motifs is 1. The number of halogens is 2. The number of piperazine rings is 1. The van der Waals surface area contributed by atoms with E-state index >= 15 is 0 Å². The van der Waals surface area contributed by atoms with E-state index in [0.717, 1.165) is 0 Å². The Kier molecular flexibility index (Phi) is 8.51. The zero-order chi connectivity index (χ0) is 26.9. The molecule has 0 saturated carbocycles. The maximum absolute atomic E-state index is 14.3. The maximum Gasteiger partial charge on any atom is 0.355 e. The van der Waals surface area contributed by atoms with Crippen LogP contribution in [0.2, 0.25) is 0 Å². The molecule has 3 aromatic carbocycles. The zero-order valence-electron chi connectivity index (χ0n) is 21.1. The number of pyridine rings is 1. The molecule has 39 heavy (non-hydrogen) atoms. The fourth-order valence-electron chi connectivity index (χ4n) is 4.74. The monoisotopic (exact) mass is 571 g/mol. The van der Waals surface area contributed by atoms with Gasteiger partial charge in [0.1, 0.15) is 11.5 Å². The van der Waals surface area contributed by atoms with Crippen molar-refractivity contribution in [1.82, 2.24) is 14.2 Å². The Morgan fingerprint density at radius 3 is 2.31 bits per heavy atom. The molecule has 0 amide bonds. The predicted octanol–water partition coefficient (Wildman–Crippen LogP) is 3.52. The Balaban J connectivity index is 0.00000353. The van der Waals surface area contributed by atoms with Crippen molar-refractivity contribution in [2.24, 2.45) is 0 Å². The van der Waals surface area contributed by atoms with Gasteiger partial charge in [-0.25, -0.2) is 17.6 Å². The van der Waals surface area contributed by atoms with Crippen molar-refractivity contribution in [3.63, 3.8) is 0 Å². The van der Waals surface area contributed by atoms with Gasteiger partial charge in [-0.1, -0.05) is 30.3 Å². The van der Waals surface area contributed by atoms with Gasteiger partial charge >= 0.3 is 5.97 Å². The lowest BCUT2D eigenvalue weighted by molar-refractivity contribution is 0.0590. The van der Waals surface area contributed by atoms with Gasteiger partial charge in [0, 0.05) is 49.2 Å². The number of hydrogen-bond acceptors (Lipinski definition) is 6. The summed E-state index contributed by atoms with van der Waals surface area (Å²) in [5.41, 5.74) is 1.15. The standard InChI is InChI=1S/C28H26FN3O5S.ClH/c1-37-28(34)26-24(17-19-7-10-22(11-8-19)38(35,36)31-15-13-30-14-16-31)27(33)23-12-9-20(29)18-25(23)32(26)21-5-3-2-4-6-21;/h2-12,18,30H,13-17H2,1H3;1H. The number of rotatable bonds is 6. The largest absolute Gasteiger partial charge is 0.464 e. The van der Waals surface area contributed by atoms with Crippen molar-refractivity contribution in [2.45, 2.75) is 11.3 Å². The van der Waals surface area contributed by atoms with Crippen molar-refractivity contribution < 1.29 is 22.3 Å². The van der Waals surface area contributed by atoms with Gasteiger partial charge in [-0.3, -0.25) is 4.79 Å². The van der Waals surface area contributed by atoms with Crippen LogP contribution in [0.15, 0.2) is 82.5 Å². The molecule has 0 bridgehead atoms. The molecule has 0 unspecified atom stereocenters. The van der Waals surface area contributed by atoms with Crippen LogP contribution in [0.1, 0.15) is 21.6 Å². The third-order valence-corrected chi connectivity index (χ3v) is 8.55. The van der Waals surface area contributed by atoms with Crippen LogP contribution in [-0.2, 0) is 21.2 Å². The normalized spacial score (nSPS) is 14.1. The fourth-order valence-corrected chi connectivity index (χ4v) is 6.19. The third kappa shape index (κ3) is 5.46. The number of aromatic nitrogens is 1. The molecule has 2 heterocycles. The minimum absolute atomic E-state index is 0.